The van der Waals surface area contributed by atoms with E-state index < -0.39 is 5.17 Å². The van der Waals surface area contributed by atoms with Crippen LogP contribution < -0.4 is 11.1 Å². The van der Waals surface area contributed by atoms with Gasteiger partial charge in [-0.05, 0) is 37.3 Å². The molecule has 1 aliphatic carbocycles. The molecule has 0 aliphatic heterocycles. The van der Waals surface area contributed by atoms with Gasteiger partial charge in [0.25, 0.3) is 10.3 Å². The van der Waals surface area contributed by atoms with Crippen LogP contribution in [0.1, 0.15) is 32.1 Å². The van der Waals surface area contributed by atoms with Gasteiger partial charge in [-0.25, -0.2) is 0 Å². The van der Waals surface area contributed by atoms with Crippen molar-refractivity contribution in [3.8, 4) is 0 Å². The van der Waals surface area contributed by atoms with Crippen LogP contribution in [0.3, 0.4) is 0 Å². The summed E-state index contributed by atoms with van der Waals surface area (Å²) >= 11 is 8.39. The molecule has 84 valence electrons. The van der Waals surface area contributed by atoms with Crippen LogP contribution in [0.5, 0.6) is 0 Å². The third-order valence-electron chi connectivity index (χ3n) is 1.93. The summed E-state index contributed by atoms with van der Waals surface area (Å²) in [4.78, 5) is 0. The van der Waals surface area contributed by atoms with Crippen molar-refractivity contribution in [1.82, 2.24) is 5.32 Å². The fourth-order valence-corrected chi connectivity index (χ4v) is 1.59. The van der Waals surface area contributed by atoms with Crippen LogP contribution in [0.25, 0.3) is 0 Å². The summed E-state index contributed by atoms with van der Waals surface area (Å²) in [5.41, 5.74) is 4.40. The summed E-state index contributed by atoms with van der Waals surface area (Å²) in [7, 11) is 0. The van der Waals surface area contributed by atoms with Crippen LogP contribution >= 0.6 is 24.4 Å². The average molecular weight is 260 g/mol. The van der Waals surface area contributed by atoms with E-state index in [0.717, 1.165) is 12.8 Å². The van der Waals surface area contributed by atoms with Crippen molar-refractivity contribution < 1.29 is 10.2 Å². The molecular weight excluding hydrogens is 243 g/mol. The molecule has 1 rings (SSSR count). The van der Waals surface area contributed by atoms with E-state index >= 15 is 0 Å². The van der Waals surface area contributed by atoms with Gasteiger partial charge in [-0.1, -0.05) is 19.3 Å². The number of hydrogen-bond donors (Lipinski definition) is 4. The number of nitrogens with two attached hydrogens (primary N) is 1. The molecule has 5 N–H and O–H groups in total. The van der Waals surface area contributed by atoms with Crippen molar-refractivity contribution in [2.75, 3.05) is 0 Å². The number of nitrogens with one attached hydrogen (secondary N) is 1. The van der Waals surface area contributed by atoms with E-state index in [2.05, 4.69) is 35.5 Å². The van der Waals surface area contributed by atoms with E-state index in [-0.39, 0.29) is 34.7 Å². The standard InChI is InChI=1S/C7H13NOS.CH3NOS.Na.H/c9-7(10)8-6-4-2-1-3-5-6;2-1(3)4;;/h6H,1-5H2,(H2,8,9,10);(H3,2,3,4);;. The second-order valence-electron chi connectivity index (χ2n) is 3.12. The van der Waals surface area contributed by atoms with Crippen LogP contribution in [0.15, 0.2) is 0 Å². The summed E-state index contributed by atoms with van der Waals surface area (Å²) in [5.74, 6) is 0. The average Bonchev–Trinajstić information content (AvgIpc) is 2.03. The molecule has 7 heteroatoms. The molecule has 0 amide bonds. The molecule has 0 aromatic rings. The fourth-order valence-electron chi connectivity index (χ4n) is 1.42. The molecule has 4 nitrogen and oxygen atoms in total. The Kier molecular flexibility index (Phi) is 12.9. The molecule has 0 spiro atoms. The van der Waals surface area contributed by atoms with Gasteiger partial charge in [0.15, 0.2) is 0 Å². The van der Waals surface area contributed by atoms with Crippen molar-refractivity contribution in [2.24, 2.45) is 5.73 Å². The van der Waals surface area contributed by atoms with Gasteiger partial charge < -0.3 is 21.3 Å². The van der Waals surface area contributed by atoms with Crippen LogP contribution in [0.2, 0.25) is 0 Å². The zero-order chi connectivity index (χ0) is 11.0. The normalized spacial score (nSPS) is 15.2. The van der Waals surface area contributed by atoms with Gasteiger partial charge in [0.1, 0.15) is 0 Å². The van der Waals surface area contributed by atoms with E-state index in [9.17, 15) is 0 Å². The summed E-state index contributed by atoms with van der Waals surface area (Å²) in [6.45, 7) is 0. The van der Waals surface area contributed by atoms with Gasteiger partial charge >= 0.3 is 29.6 Å². The molecule has 0 saturated heterocycles. The Labute approximate surface area is 123 Å². The van der Waals surface area contributed by atoms with Crippen LogP contribution in [0, 0.1) is 0 Å². The van der Waals surface area contributed by atoms with E-state index in [1.54, 1.807) is 0 Å². The first-order valence-corrected chi connectivity index (χ1v) is 5.32. The first-order chi connectivity index (χ1) is 6.52. The number of rotatable bonds is 1. The van der Waals surface area contributed by atoms with E-state index in [4.69, 9.17) is 10.2 Å². The van der Waals surface area contributed by atoms with E-state index in [1.165, 1.54) is 19.3 Å². The Bertz CT molecular complexity index is 195. The Morgan fingerprint density at radius 1 is 1.13 bits per heavy atom. The molecule has 0 radical (unpaired) electrons. The van der Waals surface area contributed by atoms with Gasteiger partial charge in [0.05, 0.1) is 0 Å². The van der Waals surface area contributed by atoms with E-state index in [1.807, 2.05) is 0 Å². The van der Waals surface area contributed by atoms with Crippen LogP contribution in [-0.2, 0) is 0 Å². The molecule has 1 saturated carbocycles. The predicted molar refractivity (Wildman–Crippen MR) is 71.8 cm³/mol. The van der Waals surface area contributed by atoms with Crippen LogP contribution in [0.4, 0.5) is 0 Å². The summed E-state index contributed by atoms with van der Waals surface area (Å²) in [5, 5.41) is 18.6. The number of thiocarbonyl (C=S) groups is 2. The Morgan fingerprint density at radius 2 is 1.53 bits per heavy atom. The second kappa shape index (κ2) is 10.9. The third-order valence-corrected chi connectivity index (χ3v) is 2.05. The molecule has 15 heavy (non-hydrogen) atoms. The van der Waals surface area contributed by atoms with Gasteiger partial charge in [0.2, 0.25) is 0 Å². The molecule has 0 unspecified atom stereocenters. The Balaban J connectivity index is 0. The number of hydrogen-bond acceptors (Lipinski definition) is 2. The first kappa shape index (κ1) is 17.8. The molecule has 0 aromatic heterocycles. The van der Waals surface area contributed by atoms with Gasteiger partial charge in [-0.3, -0.25) is 0 Å². The molecule has 0 heterocycles. The van der Waals surface area contributed by atoms with Crippen molar-refractivity contribution in [3.05, 3.63) is 0 Å². The van der Waals surface area contributed by atoms with Crippen molar-refractivity contribution >= 4 is 64.3 Å². The Hall–Kier alpha value is 0.380. The molecule has 0 bridgehead atoms. The van der Waals surface area contributed by atoms with Crippen molar-refractivity contribution in [3.63, 3.8) is 0 Å². The van der Waals surface area contributed by atoms with E-state index in [0.29, 0.717) is 6.04 Å². The van der Waals surface area contributed by atoms with Crippen molar-refractivity contribution in [1.29, 1.82) is 0 Å². The Morgan fingerprint density at radius 3 is 1.87 bits per heavy atom. The zero-order valence-corrected chi connectivity index (χ0v) is 9.53. The predicted octanol–water partition coefficient (Wildman–Crippen LogP) is 0.891. The minimum atomic E-state index is -0.500. The maximum atomic E-state index is 8.72. The summed E-state index contributed by atoms with van der Waals surface area (Å²) in [6.07, 6.45) is 6.17. The quantitative estimate of drug-likeness (QED) is 0.414. The topological polar surface area (TPSA) is 78.5 Å². The van der Waals surface area contributed by atoms with Gasteiger partial charge in [-0.15, -0.1) is 0 Å². The number of aliphatic hydroxyl groups is 2. The molecular formula is C8H17N2NaO2S2. The monoisotopic (exact) mass is 260 g/mol. The molecule has 0 atom stereocenters. The molecule has 0 aromatic carbocycles. The minimum absolute atomic E-state index is 0. The third kappa shape index (κ3) is 14.4. The number of aliphatic hydroxyl groups excluding tert-OH is 2. The maximum absolute atomic E-state index is 8.72. The van der Waals surface area contributed by atoms with Crippen molar-refractivity contribution in [2.45, 2.75) is 38.1 Å². The van der Waals surface area contributed by atoms with Gasteiger partial charge in [-0.2, -0.15) is 0 Å². The van der Waals surface area contributed by atoms with Gasteiger partial charge in [0, 0.05) is 6.04 Å². The fraction of sp³-hybridized carbons (Fsp3) is 0.750. The van der Waals surface area contributed by atoms with Crippen LogP contribution in [-0.4, -0.2) is 56.2 Å². The summed E-state index contributed by atoms with van der Waals surface area (Å²) in [6, 6.07) is 0.436. The summed E-state index contributed by atoms with van der Waals surface area (Å²) < 4.78 is 0. The second-order valence-corrected chi connectivity index (χ2v) is 3.93. The molecule has 1 fully saturated rings. The SMILES string of the molecule is NC(O)=S.OC(=S)NC1CCCCC1.[NaH]. The zero-order valence-electron chi connectivity index (χ0n) is 7.90. The molecule has 1 aliphatic rings. The first-order valence-electron chi connectivity index (χ1n) is 4.50.